The zero-order chi connectivity index (χ0) is 24.4. The van der Waals surface area contributed by atoms with Crippen LogP contribution in [0.5, 0.6) is 0 Å². The molecule has 10 heteroatoms. The van der Waals surface area contributed by atoms with Gasteiger partial charge in [-0.1, -0.05) is 11.6 Å². The molecule has 2 amide bonds. The van der Waals surface area contributed by atoms with Crippen LogP contribution in [0.4, 0.5) is 5.69 Å². The van der Waals surface area contributed by atoms with Gasteiger partial charge in [0.15, 0.2) is 0 Å². The van der Waals surface area contributed by atoms with Gasteiger partial charge in [0, 0.05) is 60.1 Å². The predicted octanol–water partition coefficient (Wildman–Crippen LogP) is 5.96. The maximum atomic E-state index is 12.8. The van der Waals surface area contributed by atoms with E-state index < -0.39 is 0 Å². The zero-order valence-corrected chi connectivity index (χ0v) is 20.9. The van der Waals surface area contributed by atoms with Gasteiger partial charge < -0.3 is 4.90 Å². The highest BCUT2D eigenvalue weighted by Crippen LogP contribution is 2.29. The summed E-state index contributed by atoms with van der Waals surface area (Å²) < 4.78 is 3.41. The summed E-state index contributed by atoms with van der Waals surface area (Å²) in [4.78, 5) is 31.5. The number of aromatic nitrogens is 3. The number of hydrogen-bond acceptors (Lipinski definition) is 5. The summed E-state index contributed by atoms with van der Waals surface area (Å²) in [7, 11) is 0. The lowest BCUT2D eigenvalue weighted by Crippen LogP contribution is -2.35. The first kappa shape index (κ1) is 23.5. The maximum absolute atomic E-state index is 12.8. The number of anilines is 1. The molecule has 1 aromatic carbocycles. The Morgan fingerprint density at radius 2 is 1.89 bits per heavy atom. The summed E-state index contributed by atoms with van der Waals surface area (Å²) in [6.45, 7) is 0.880. The van der Waals surface area contributed by atoms with E-state index in [1.54, 1.807) is 29.2 Å². The van der Waals surface area contributed by atoms with Gasteiger partial charge >= 0.3 is 0 Å². The Labute approximate surface area is 216 Å². The molecule has 3 aromatic heterocycles. The Morgan fingerprint density at radius 3 is 2.57 bits per heavy atom. The second kappa shape index (κ2) is 10.2. The minimum absolute atomic E-state index is 0.139. The van der Waals surface area contributed by atoms with Crippen molar-refractivity contribution in [1.82, 2.24) is 19.2 Å². The molecule has 0 spiro atoms. The van der Waals surface area contributed by atoms with Crippen LogP contribution in [0.2, 0.25) is 4.34 Å². The van der Waals surface area contributed by atoms with E-state index in [0.717, 1.165) is 46.3 Å². The Balaban J connectivity index is 1.44. The average Bonchev–Trinajstić information content (AvgIpc) is 3.51. The molecule has 1 fully saturated rings. The molecule has 5 rings (SSSR count). The summed E-state index contributed by atoms with van der Waals surface area (Å²) in [5, 5.41) is 4.78. The number of nitrogens with zero attached hydrogens (tertiary/aromatic N) is 5. The summed E-state index contributed by atoms with van der Waals surface area (Å²) in [6.07, 6.45) is 7.81. The van der Waals surface area contributed by atoms with Crippen LogP contribution in [-0.2, 0) is 11.3 Å². The van der Waals surface area contributed by atoms with E-state index >= 15 is 0 Å². The number of halogens is 2. The van der Waals surface area contributed by atoms with Crippen LogP contribution in [-0.4, -0.2) is 37.5 Å². The first-order valence-electron chi connectivity index (χ1n) is 11.1. The highest BCUT2D eigenvalue weighted by Gasteiger charge is 2.22. The minimum atomic E-state index is -0.330. The van der Waals surface area contributed by atoms with Gasteiger partial charge in [0.1, 0.15) is 0 Å². The molecule has 35 heavy (non-hydrogen) atoms. The molecule has 178 valence electrons. The minimum Gasteiger partial charge on any atom is -0.312 e. The fourth-order valence-corrected chi connectivity index (χ4v) is 5.30. The second-order valence-electron chi connectivity index (χ2n) is 8.14. The molecule has 0 atom stereocenters. The van der Waals surface area contributed by atoms with Crippen molar-refractivity contribution in [2.75, 3.05) is 11.4 Å². The van der Waals surface area contributed by atoms with Crippen molar-refractivity contribution in [3.63, 3.8) is 0 Å². The van der Waals surface area contributed by atoms with Gasteiger partial charge in [-0.05, 0) is 61.4 Å². The van der Waals surface area contributed by atoms with Crippen LogP contribution >= 0.6 is 34.7 Å². The molecule has 4 heterocycles. The lowest BCUT2D eigenvalue weighted by molar-refractivity contribution is -0.119. The summed E-state index contributed by atoms with van der Waals surface area (Å²) in [6, 6.07) is 14.8. The Bertz CT molecular complexity index is 1350. The molecule has 0 unspecified atom stereocenters. The molecule has 7 nitrogen and oxygen atoms in total. The number of thiophene rings is 1. The normalized spacial score (nSPS) is 13.8. The van der Waals surface area contributed by atoms with Crippen molar-refractivity contribution >= 4 is 52.2 Å². The number of rotatable bonds is 6. The number of hydrogen-bond donors (Lipinski definition) is 0. The predicted molar refractivity (Wildman–Crippen MR) is 138 cm³/mol. The third-order valence-corrected chi connectivity index (χ3v) is 7.28. The van der Waals surface area contributed by atoms with Gasteiger partial charge in [-0.15, -0.1) is 11.3 Å². The average molecular weight is 526 g/mol. The zero-order valence-electron chi connectivity index (χ0n) is 18.6. The number of amides is 2. The molecule has 0 N–H and O–H groups in total. The first-order chi connectivity index (χ1) is 17.0. The van der Waals surface area contributed by atoms with Gasteiger partial charge in [-0.25, -0.2) is 9.10 Å². The van der Waals surface area contributed by atoms with Gasteiger partial charge in [0.05, 0.1) is 27.1 Å². The van der Waals surface area contributed by atoms with E-state index in [-0.39, 0.29) is 18.4 Å². The van der Waals surface area contributed by atoms with Crippen molar-refractivity contribution in [3.05, 3.63) is 81.9 Å². The number of carbonyl (C=O) groups is 2. The molecule has 0 saturated carbocycles. The maximum Gasteiger partial charge on any atom is 0.278 e. The van der Waals surface area contributed by atoms with E-state index in [2.05, 4.69) is 4.98 Å². The molecule has 0 radical (unpaired) electrons. The lowest BCUT2D eigenvalue weighted by atomic mass is 10.1. The fourth-order valence-electron chi connectivity index (χ4n) is 4.04. The van der Waals surface area contributed by atoms with Crippen molar-refractivity contribution in [1.29, 1.82) is 0 Å². The van der Waals surface area contributed by atoms with E-state index in [1.807, 2.05) is 47.5 Å². The molecule has 4 aromatic rings. The van der Waals surface area contributed by atoms with Gasteiger partial charge in [-0.2, -0.15) is 5.10 Å². The van der Waals surface area contributed by atoms with Crippen molar-refractivity contribution < 1.29 is 9.59 Å². The third-order valence-electron chi connectivity index (χ3n) is 5.79. The Hall–Kier alpha value is -3.20. The standard InChI is InChI=1S/C25H21Cl2N5O2S/c26-22-11-10-21(35-22)25(34)31(27)15-18-16-32(29-24(18)17-4-3-12-28-14-17)20-8-6-19(7-9-20)30-13-2-1-5-23(30)33/h3-4,6-12,14,16H,1-2,5,13,15H2. The molecule has 1 saturated heterocycles. The van der Waals surface area contributed by atoms with Crippen LogP contribution in [0.3, 0.4) is 0 Å². The van der Waals surface area contributed by atoms with Crippen LogP contribution in [0, 0.1) is 0 Å². The van der Waals surface area contributed by atoms with Crippen molar-refractivity contribution in [2.24, 2.45) is 0 Å². The summed E-state index contributed by atoms with van der Waals surface area (Å²) in [5.41, 5.74) is 3.96. The van der Waals surface area contributed by atoms with Gasteiger partial charge in [0.25, 0.3) is 5.91 Å². The van der Waals surface area contributed by atoms with Gasteiger partial charge in [0.2, 0.25) is 5.91 Å². The highest BCUT2D eigenvalue weighted by atomic mass is 35.5. The van der Waals surface area contributed by atoms with Crippen LogP contribution in [0.15, 0.2) is 67.1 Å². The Morgan fingerprint density at radius 1 is 1.09 bits per heavy atom. The summed E-state index contributed by atoms with van der Waals surface area (Å²) >= 11 is 13.6. The second-order valence-corrected chi connectivity index (χ2v) is 10.3. The molecule has 0 aliphatic carbocycles. The van der Waals surface area contributed by atoms with Gasteiger partial charge in [-0.3, -0.25) is 14.6 Å². The number of piperidine rings is 1. The number of benzene rings is 1. The topological polar surface area (TPSA) is 71.3 Å². The number of pyridine rings is 1. The quantitative estimate of drug-likeness (QED) is 0.291. The molecule has 1 aliphatic heterocycles. The smallest absolute Gasteiger partial charge is 0.278 e. The van der Waals surface area contributed by atoms with Crippen molar-refractivity contribution in [3.8, 4) is 16.9 Å². The summed E-state index contributed by atoms with van der Waals surface area (Å²) in [5.74, 6) is -0.174. The number of carbonyl (C=O) groups excluding carboxylic acids is 2. The van der Waals surface area contributed by atoms with Crippen LogP contribution in [0.1, 0.15) is 34.5 Å². The van der Waals surface area contributed by atoms with Crippen LogP contribution in [0.25, 0.3) is 16.9 Å². The molecular weight excluding hydrogens is 505 g/mol. The third kappa shape index (κ3) is 5.10. The SMILES string of the molecule is O=C(c1ccc(Cl)s1)N(Cl)Cc1cn(-c2ccc(N3CCCCC3=O)cc2)nc1-c1cccnc1. The first-order valence-corrected chi connectivity index (χ1v) is 12.7. The molecule has 1 aliphatic rings. The van der Waals surface area contributed by atoms with E-state index in [4.69, 9.17) is 28.5 Å². The van der Waals surface area contributed by atoms with E-state index in [0.29, 0.717) is 21.3 Å². The largest absolute Gasteiger partial charge is 0.312 e. The Kier molecular flexibility index (Phi) is 6.86. The highest BCUT2D eigenvalue weighted by molar-refractivity contribution is 7.18. The fraction of sp³-hybridized carbons (Fsp3) is 0.200. The molecule has 0 bridgehead atoms. The van der Waals surface area contributed by atoms with E-state index in [1.165, 1.54) is 11.3 Å². The van der Waals surface area contributed by atoms with Crippen LogP contribution < -0.4 is 4.90 Å². The lowest BCUT2D eigenvalue weighted by Gasteiger charge is -2.26. The van der Waals surface area contributed by atoms with Crippen molar-refractivity contribution in [2.45, 2.75) is 25.8 Å². The monoisotopic (exact) mass is 525 g/mol. The molecular formula is C25H21Cl2N5O2S. The van der Waals surface area contributed by atoms with E-state index in [9.17, 15) is 9.59 Å².